The molecule has 1 fully saturated rings. The van der Waals surface area contributed by atoms with E-state index in [-0.39, 0.29) is 11.8 Å². The maximum absolute atomic E-state index is 12.5. The summed E-state index contributed by atoms with van der Waals surface area (Å²) in [5.41, 5.74) is 2.87. The van der Waals surface area contributed by atoms with E-state index >= 15 is 0 Å². The summed E-state index contributed by atoms with van der Waals surface area (Å²) in [7, 11) is 0. The van der Waals surface area contributed by atoms with Gasteiger partial charge in [0.05, 0.1) is 0 Å². The van der Waals surface area contributed by atoms with Crippen LogP contribution in [-0.2, 0) is 11.2 Å². The van der Waals surface area contributed by atoms with Gasteiger partial charge >= 0.3 is 0 Å². The van der Waals surface area contributed by atoms with E-state index in [0.717, 1.165) is 55.8 Å². The van der Waals surface area contributed by atoms with E-state index in [0.29, 0.717) is 11.4 Å². The highest BCUT2D eigenvalue weighted by atomic mass is 35.5. The maximum atomic E-state index is 12.5. The number of halogens is 1. The van der Waals surface area contributed by atoms with Gasteiger partial charge in [0.2, 0.25) is 5.91 Å². The molecule has 2 aromatic carbocycles. The number of rotatable bonds is 5. The van der Waals surface area contributed by atoms with E-state index in [9.17, 15) is 4.79 Å². The number of hydrogen-bond donors (Lipinski definition) is 0. The molecule has 1 aromatic heterocycles. The average Bonchev–Trinajstić information content (AvgIpc) is 3.12. The SMILES string of the molecule is O=C(CCCc1ccccc1)N1CCC(c2nc3cc(Cl)ccc3o2)CC1. The minimum absolute atomic E-state index is 0.258. The molecule has 5 heteroatoms. The van der Waals surface area contributed by atoms with Gasteiger partial charge in [0.15, 0.2) is 11.5 Å². The Morgan fingerprint density at radius 1 is 1.15 bits per heavy atom. The fraction of sp³-hybridized carbons (Fsp3) is 0.364. The van der Waals surface area contributed by atoms with E-state index in [4.69, 9.17) is 16.0 Å². The van der Waals surface area contributed by atoms with Crippen molar-refractivity contribution < 1.29 is 9.21 Å². The molecule has 0 N–H and O–H groups in total. The lowest BCUT2D eigenvalue weighted by Gasteiger charge is -2.30. The number of carbonyl (C=O) groups is 1. The van der Waals surface area contributed by atoms with Crippen LogP contribution in [0.4, 0.5) is 0 Å². The number of fused-ring (bicyclic) bond motifs is 1. The number of carbonyl (C=O) groups excluding carboxylic acids is 1. The van der Waals surface area contributed by atoms with Crippen LogP contribution in [0.1, 0.15) is 43.1 Å². The Morgan fingerprint density at radius 2 is 1.93 bits per heavy atom. The number of hydrogen-bond acceptors (Lipinski definition) is 3. The number of amides is 1. The summed E-state index contributed by atoms with van der Waals surface area (Å²) in [5, 5.41) is 0.665. The third kappa shape index (κ3) is 4.33. The van der Waals surface area contributed by atoms with Crippen molar-refractivity contribution >= 4 is 28.6 Å². The highest BCUT2D eigenvalue weighted by Crippen LogP contribution is 2.31. The maximum Gasteiger partial charge on any atom is 0.222 e. The Balaban J connectivity index is 1.28. The zero-order valence-corrected chi connectivity index (χ0v) is 16.0. The van der Waals surface area contributed by atoms with E-state index in [1.807, 2.05) is 41.3 Å². The molecule has 0 radical (unpaired) electrons. The third-order valence-electron chi connectivity index (χ3n) is 5.26. The third-order valence-corrected chi connectivity index (χ3v) is 5.50. The normalized spacial score (nSPS) is 15.4. The highest BCUT2D eigenvalue weighted by Gasteiger charge is 2.26. The van der Waals surface area contributed by atoms with Crippen LogP contribution in [0, 0.1) is 0 Å². The van der Waals surface area contributed by atoms with Crippen molar-refractivity contribution in [1.82, 2.24) is 9.88 Å². The van der Waals surface area contributed by atoms with Gasteiger partial charge in [-0.25, -0.2) is 4.98 Å². The van der Waals surface area contributed by atoms with Crippen LogP contribution in [0.5, 0.6) is 0 Å². The second-order valence-electron chi connectivity index (χ2n) is 7.16. The van der Waals surface area contributed by atoms with Crippen molar-refractivity contribution in [2.24, 2.45) is 0 Å². The summed E-state index contributed by atoms with van der Waals surface area (Å²) in [6.07, 6.45) is 4.25. The van der Waals surface area contributed by atoms with Gasteiger partial charge in [-0.05, 0) is 49.4 Å². The number of oxazole rings is 1. The summed E-state index contributed by atoms with van der Waals surface area (Å²) in [5.74, 6) is 1.29. The molecule has 0 spiro atoms. The number of aryl methyl sites for hydroxylation is 1. The van der Waals surface area contributed by atoms with Crippen molar-refractivity contribution in [1.29, 1.82) is 0 Å². The molecule has 1 saturated heterocycles. The molecule has 3 aromatic rings. The molecule has 0 bridgehead atoms. The Bertz CT molecular complexity index is 914. The predicted molar refractivity (Wildman–Crippen MR) is 107 cm³/mol. The van der Waals surface area contributed by atoms with Gasteiger partial charge in [0.1, 0.15) is 5.52 Å². The molecule has 4 nitrogen and oxygen atoms in total. The second kappa shape index (κ2) is 8.13. The smallest absolute Gasteiger partial charge is 0.222 e. The predicted octanol–water partition coefficient (Wildman–Crippen LogP) is 5.21. The highest BCUT2D eigenvalue weighted by molar-refractivity contribution is 6.31. The lowest BCUT2D eigenvalue weighted by Crippen LogP contribution is -2.37. The lowest BCUT2D eigenvalue weighted by atomic mass is 9.96. The summed E-state index contributed by atoms with van der Waals surface area (Å²) in [6.45, 7) is 1.54. The Labute approximate surface area is 164 Å². The lowest BCUT2D eigenvalue weighted by molar-refractivity contribution is -0.132. The van der Waals surface area contributed by atoms with Gasteiger partial charge in [-0.3, -0.25) is 4.79 Å². The van der Waals surface area contributed by atoms with Crippen LogP contribution in [-0.4, -0.2) is 28.9 Å². The van der Waals surface area contributed by atoms with Crippen LogP contribution in [0.15, 0.2) is 52.9 Å². The first kappa shape index (κ1) is 18.1. The molecule has 0 saturated carbocycles. The van der Waals surface area contributed by atoms with Crippen molar-refractivity contribution in [2.75, 3.05) is 13.1 Å². The number of nitrogens with zero attached hydrogens (tertiary/aromatic N) is 2. The molecule has 1 aliphatic heterocycles. The Hall–Kier alpha value is -2.33. The monoisotopic (exact) mass is 382 g/mol. The van der Waals surface area contributed by atoms with E-state index in [2.05, 4.69) is 17.1 Å². The van der Waals surface area contributed by atoms with Crippen LogP contribution in [0.25, 0.3) is 11.1 Å². The quantitative estimate of drug-likeness (QED) is 0.608. The fourth-order valence-corrected chi connectivity index (χ4v) is 3.88. The van der Waals surface area contributed by atoms with Crippen LogP contribution >= 0.6 is 11.6 Å². The molecule has 1 aliphatic rings. The van der Waals surface area contributed by atoms with Gasteiger partial charge in [-0.2, -0.15) is 0 Å². The van der Waals surface area contributed by atoms with Crippen LogP contribution < -0.4 is 0 Å². The molecule has 27 heavy (non-hydrogen) atoms. The average molecular weight is 383 g/mol. The molecule has 4 rings (SSSR count). The van der Waals surface area contributed by atoms with Gasteiger partial charge in [-0.15, -0.1) is 0 Å². The molecule has 1 amide bonds. The first-order chi connectivity index (χ1) is 13.2. The first-order valence-electron chi connectivity index (χ1n) is 9.57. The van der Waals surface area contributed by atoms with E-state index in [1.54, 1.807) is 0 Å². The van der Waals surface area contributed by atoms with Crippen molar-refractivity contribution in [3.63, 3.8) is 0 Å². The molecule has 140 valence electrons. The molecule has 0 aliphatic carbocycles. The van der Waals surface area contributed by atoms with E-state index in [1.165, 1.54) is 5.56 Å². The van der Waals surface area contributed by atoms with Crippen molar-refractivity contribution in [3.8, 4) is 0 Å². The van der Waals surface area contributed by atoms with Gasteiger partial charge in [0.25, 0.3) is 0 Å². The van der Waals surface area contributed by atoms with Crippen LogP contribution in [0.2, 0.25) is 5.02 Å². The first-order valence-corrected chi connectivity index (χ1v) is 9.94. The van der Waals surface area contributed by atoms with Crippen LogP contribution in [0.3, 0.4) is 0 Å². The Morgan fingerprint density at radius 3 is 2.70 bits per heavy atom. The molecular formula is C22H23ClN2O2. The topological polar surface area (TPSA) is 46.3 Å². The Kier molecular flexibility index (Phi) is 5.44. The zero-order valence-electron chi connectivity index (χ0n) is 15.2. The number of piperidine rings is 1. The fourth-order valence-electron chi connectivity index (χ4n) is 3.72. The minimum Gasteiger partial charge on any atom is -0.440 e. The van der Waals surface area contributed by atoms with Gasteiger partial charge in [0, 0.05) is 30.5 Å². The number of benzene rings is 2. The molecule has 2 heterocycles. The summed E-state index contributed by atoms with van der Waals surface area (Å²) in [6, 6.07) is 15.8. The molecule has 0 unspecified atom stereocenters. The standard InChI is InChI=1S/C22H23ClN2O2/c23-18-9-10-20-19(15-18)24-22(27-20)17-11-13-25(14-12-17)21(26)8-4-7-16-5-2-1-3-6-16/h1-3,5-6,9-10,15,17H,4,7-8,11-14H2. The molecular weight excluding hydrogens is 360 g/mol. The minimum atomic E-state index is 0.258. The summed E-state index contributed by atoms with van der Waals surface area (Å²) in [4.78, 5) is 19.1. The number of aromatic nitrogens is 1. The summed E-state index contributed by atoms with van der Waals surface area (Å²) >= 11 is 6.02. The van der Waals surface area contributed by atoms with Gasteiger partial charge < -0.3 is 9.32 Å². The molecule has 0 atom stereocenters. The van der Waals surface area contributed by atoms with E-state index < -0.39 is 0 Å². The van der Waals surface area contributed by atoms with Crippen molar-refractivity contribution in [2.45, 2.75) is 38.0 Å². The second-order valence-corrected chi connectivity index (χ2v) is 7.59. The van der Waals surface area contributed by atoms with Crippen molar-refractivity contribution in [3.05, 3.63) is 65.0 Å². The van der Waals surface area contributed by atoms with Gasteiger partial charge in [-0.1, -0.05) is 41.9 Å². The largest absolute Gasteiger partial charge is 0.440 e. The number of likely N-dealkylation sites (tertiary alicyclic amines) is 1. The summed E-state index contributed by atoms with van der Waals surface area (Å²) < 4.78 is 5.90. The zero-order chi connectivity index (χ0) is 18.6.